The topological polar surface area (TPSA) is 21.7 Å². The molecule has 2 heterocycles. The summed E-state index contributed by atoms with van der Waals surface area (Å²) in [6.07, 6.45) is 0. The van der Waals surface area contributed by atoms with Gasteiger partial charge in [-0.2, -0.15) is 0 Å². The molecule has 0 aromatic heterocycles. The molecule has 11 aromatic rings. The van der Waals surface area contributed by atoms with Crippen molar-refractivity contribution in [2.24, 2.45) is 0 Å². The Hall–Kier alpha value is -9.18. The number of benzene rings is 11. The maximum absolute atomic E-state index is 7.56. The number of rotatable bonds is 5. The van der Waals surface area contributed by atoms with Gasteiger partial charge in [0.1, 0.15) is 23.0 Å². The van der Waals surface area contributed by atoms with Gasteiger partial charge in [-0.15, -0.1) is 0 Å². The van der Waals surface area contributed by atoms with Gasteiger partial charge in [0.05, 0.1) is 16.5 Å². The molecule has 0 amide bonds. The average molecular weight is 1130 g/mol. The van der Waals surface area contributed by atoms with Crippen LogP contribution in [0.5, 0.6) is 23.0 Å². The highest BCUT2D eigenvalue weighted by Crippen LogP contribution is 2.66. The lowest BCUT2D eigenvalue weighted by molar-refractivity contribution is 0.436. The molecular weight excluding hydrogens is 1050 g/mol. The number of hydrogen-bond acceptors (Lipinski definition) is 3. The zero-order valence-corrected chi connectivity index (χ0v) is 52.3. The zero-order valence-electron chi connectivity index (χ0n) is 52.3. The molecule has 0 bridgehead atoms. The van der Waals surface area contributed by atoms with E-state index in [1.807, 2.05) is 0 Å². The van der Waals surface area contributed by atoms with Gasteiger partial charge in [0.25, 0.3) is 0 Å². The summed E-state index contributed by atoms with van der Waals surface area (Å²) in [5.74, 6) is 3.46. The lowest BCUT2D eigenvalue weighted by Gasteiger charge is -2.41. The van der Waals surface area contributed by atoms with E-state index in [1.165, 1.54) is 72.3 Å². The monoisotopic (exact) mass is 1130 g/mol. The van der Waals surface area contributed by atoms with E-state index < -0.39 is 10.8 Å². The van der Waals surface area contributed by atoms with Gasteiger partial charge in [-0.25, -0.2) is 0 Å². The molecule has 0 saturated heterocycles. The Morgan fingerprint density at radius 2 is 0.655 bits per heavy atom. The Balaban J connectivity index is 1.00. The van der Waals surface area contributed by atoms with E-state index in [9.17, 15) is 0 Å². The number of ether oxygens (including phenoxy) is 2. The highest BCUT2D eigenvalue weighted by molar-refractivity contribution is 5.96. The first-order valence-electron chi connectivity index (χ1n) is 31.1. The molecule has 0 fully saturated rings. The fourth-order valence-corrected chi connectivity index (χ4v) is 14.9. The largest absolute Gasteiger partial charge is 0.457 e. The smallest absolute Gasteiger partial charge is 0.140 e. The molecule has 2 aliphatic carbocycles. The molecule has 0 N–H and O–H groups in total. The SMILES string of the molecule is CC(C)(C)c1ccc2c(c1)C1(c3ccccc3Oc3ccc(N(c4ccc(-c5ccccc5)cc4)c4ccccc4-c4cccc5c4Oc4ccccc4C54c5cc(C(C)(C)C)ccc5-c5ccc(C(C)(C)C)cc54)cc31)c1cc(C(C)(C)C)ccc1-2. The highest BCUT2D eigenvalue weighted by atomic mass is 16.5. The predicted molar refractivity (Wildman–Crippen MR) is 362 cm³/mol. The van der Waals surface area contributed by atoms with Crippen LogP contribution in [0.2, 0.25) is 0 Å². The van der Waals surface area contributed by atoms with Crippen LogP contribution < -0.4 is 14.4 Å². The fraction of sp³-hybridized carbons (Fsp3) is 0.214. The molecule has 15 rings (SSSR count). The number of para-hydroxylation sites is 4. The molecule has 87 heavy (non-hydrogen) atoms. The Kier molecular flexibility index (Phi) is 12.0. The van der Waals surface area contributed by atoms with E-state index in [2.05, 4.69) is 325 Å². The van der Waals surface area contributed by atoms with Gasteiger partial charge in [0.15, 0.2) is 0 Å². The van der Waals surface area contributed by atoms with E-state index in [0.717, 1.165) is 79.0 Å². The van der Waals surface area contributed by atoms with Gasteiger partial charge in [-0.05, 0) is 148 Å². The molecule has 428 valence electrons. The lowest BCUT2D eigenvalue weighted by atomic mass is 9.64. The molecule has 0 unspecified atom stereocenters. The summed E-state index contributed by atoms with van der Waals surface area (Å²) in [4.78, 5) is 2.48. The van der Waals surface area contributed by atoms with Crippen LogP contribution in [0.4, 0.5) is 17.1 Å². The van der Waals surface area contributed by atoms with Gasteiger partial charge >= 0.3 is 0 Å². The van der Waals surface area contributed by atoms with Gasteiger partial charge < -0.3 is 14.4 Å². The normalized spacial score (nSPS) is 14.6. The highest BCUT2D eigenvalue weighted by Gasteiger charge is 2.54. The molecular formula is C84H75NO2. The van der Waals surface area contributed by atoms with Crippen LogP contribution in [-0.2, 0) is 32.5 Å². The number of nitrogens with zero attached hydrogens (tertiary/aromatic N) is 1. The van der Waals surface area contributed by atoms with Crippen molar-refractivity contribution in [1.29, 1.82) is 0 Å². The number of hydrogen-bond donors (Lipinski definition) is 0. The van der Waals surface area contributed by atoms with Crippen molar-refractivity contribution in [3.8, 4) is 67.5 Å². The van der Waals surface area contributed by atoms with Gasteiger partial charge in [0, 0.05) is 44.8 Å². The van der Waals surface area contributed by atoms with Crippen molar-refractivity contribution < 1.29 is 9.47 Å². The van der Waals surface area contributed by atoms with Crippen molar-refractivity contribution >= 4 is 17.1 Å². The first kappa shape index (κ1) is 54.5. The quantitative estimate of drug-likeness (QED) is 0.171. The van der Waals surface area contributed by atoms with Crippen LogP contribution in [0.1, 0.15) is 150 Å². The van der Waals surface area contributed by atoms with E-state index in [0.29, 0.717) is 0 Å². The van der Waals surface area contributed by atoms with Crippen LogP contribution in [0.25, 0.3) is 44.5 Å². The summed E-state index contributed by atoms with van der Waals surface area (Å²) in [5, 5.41) is 0. The zero-order chi connectivity index (χ0) is 60.2. The third kappa shape index (κ3) is 8.21. The minimum Gasteiger partial charge on any atom is -0.457 e. The first-order valence-corrected chi connectivity index (χ1v) is 31.1. The van der Waals surface area contributed by atoms with E-state index in [4.69, 9.17) is 9.47 Å². The summed E-state index contributed by atoms with van der Waals surface area (Å²) in [7, 11) is 0. The second-order valence-corrected chi connectivity index (χ2v) is 28.9. The third-order valence-electron chi connectivity index (χ3n) is 19.5. The minimum absolute atomic E-state index is 0.0836. The Bertz CT molecular complexity index is 4480. The third-order valence-corrected chi connectivity index (χ3v) is 19.5. The van der Waals surface area contributed by atoms with Crippen LogP contribution in [0, 0.1) is 0 Å². The molecule has 0 atom stereocenters. The molecule has 4 aliphatic rings. The molecule has 2 spiro atoms. The summed E-state index contributed by atoms with van der Waals surface area (Å²) >= 11 is 0. The van der Waals surface area contributed by atoms with Gasteiger partial charge in [-0.3, -0.25) is 0 Å². The molecule has 2 aliphatic heterocycles. The Labute approximate surface area is 515 Å². The number of anilines is 3. The fourth-order valence-electron chi connectivity index (χ4n) is 14.9. The molecule has 0 radical (unpaired) electrons. The molecule has 3 nitrogen and oxygen atoms in total. The molecule has 11 aromatic carbocycles. The van der Waals surface area contributed by atoms with E-state index in [-0.39, 0.29) is 21.7 Å². The van der Waals surface area contributed by atoms with Crippen molar-refractivity contribution in [3.63, 3.8) is 0 Å². The van der Waals surface area contributed by atoms with Crippen molar-refractivity contribution in [1.82, 2.24) is 0 Å². The second-order valence-electron chi connectivity index (χ2n) is 28.9. The average Bonchev–Trinajstić information content (AvgIpc) is 1.58. The second kappa shape index (κ2) is 19.2. The summed E-state index contributed by atoms with van der Waals surface area (Å²) in [6.45, 7) is 27.9. The van der Waals surface area contributed by atoms with Crippen molar-refractivity contribution in [3.05, 3.63) is 303 Å². The van der Waals surface area contributed by atoms with Gasteiger partial charge in [0.2, 0.25) is 0 Å². The maximum atomic E-state index is 7.56. The first-order chi connectivity index (χ1) is 41.6. The Morgan fingerprint density at radius 1 is 0.264 bits per heavy atom. The molecule has 3 heteroatoms. The number of fused-ring (bicyclic) bond motifs is 18. The standard InChI is InChI=1S/C84H75NO2/c1-79(2,3)54-35-42-60-61-43-36-55(80(4,5)6)48-70(61)83(69(60)47-54)67-28-18-21-32-76(67)87-78-65(26-22-29-68(78)83)64-25-16-19-30-74(64)85(58-39-33-53(34-40-58)52-23-14-13-15-24-52)59-41-46-77-73(51-59)84(66-27-17-20-31-75(66)86-77)71-49-56(81(7,8)9)37-44-62(71)63-45-38-57(50-72(63)84)82(10,11)12/h13-51H,1-12H3. The van der Waals surface area contributed by atoms with Crippen LogP contribution in [0.3, 0.4) is 0 Å². The van der Waals surface area contributed by atoms with Gasteiger partial charge in [-0.1, -0.05) is 271 Å². The predicted octanol–water partition coefficient (Wildman–Crippen LogP) is 22.6. The summed E-state index contributed by atoms with van der Waals surface area (Å²) in [6, 6.07) is 89.2. The van der Waals surface area contributed by atoms with Crippen LogP contribution in [-0.4, -0.2) is 0 Å². The summed E-state index contributed by atoms with van der Waals surface area (Å²) in [5.41, 5.74) is 25.7. The van der Waals surface area contributed by atoms with E-state index in [1.54, 1.807) is 0 Å². The summed E-state index contributed by atoms with van der Waals surface area (Å²) < 4.78 is 14.8. The molecule has 0 saturated carbocycles. The lowest BCUT2D eigenvalue weighted by Crippen LogP contribution is -2.33. The van der Waals surface area contributed by atoms with Crippen molar-refractivity contribution in [2.75, 3.05) is 4.90 Å². The Morgan fingerprint density at radius 3 is 1.16 bits per heavy atom. The maximum Gasteiger partial charge on any atom is 0.140 e. The minimum atomic E-state index is -0.725. The van der Waals surface area contributed by atoms with Crippen LogP contribution in [0.15, 0.2) is 237 Å². The van der Waals surface area contributed by atoms with Crippen LogP contribution >= 0.6 is 0 Å². The van der Waals surface area contributed by atoms with Crippen molar-refractivity contribution in [2.45, 2.75) is 116 Å². The van der Waals surface area contributed by atoms with E-state index >= 15 is 0 Å².